The fourth-order valence-corrected chi connectivity index (χ4v) is 2.82. The van der Waals surface area contributed by atoms with Gasteiger partial charge >= 0.3 is 0 Å². The Morgan fingerprint density at radius 3 is 2.64 bits per heavy atom. The molecule has 25 heavy (non-hydrogen) atoms. The number of nitrogens with zero attached hydrogens (tertiary/aromatic N) is 1. The van der Waals surface area contributed by atoms with Crippen LogP contribution in [0.25, 0.3) is 0 Å². The number of halogens is 2. The summed E-state index contributed by atoms with van der Waals surface area (Å²) in [6.07, 6.45) is 4.06. The zero-order valence-electron chi connectivity index (χ0n) is 13.4. The summed E-state index contributed by atoms with van der Waals surface area (Å²) < 4.78 is 0. The van der Waals surface area contributed by atoms with Crippen molar-refractivity contribution < 1.29 is 9.59 Å². The van der Waals surface area contributed by atoms with Crippen LogP contribution in [0, 0.1) is 0 Å². The van der Waals surface area contributed by atoms with E-state index in [-0.39, 0.29) is 23.6 Å². The molecule has 0 radical (unpaired) electrons. The molecule has 0 unspecified atom stereocenters. The van der Waals surface area contributed by atoms with Crippen LogP contribution in [0.4, 0.5) is 0 Å². The molecular formula is C18H17Cl2N3O2. The lowest BCUT2D eigenvalue weighted by molar-refractivity contribution is 0.0949. The molecule has 130 valence electrons. The quantitative estimate of drug-likeness (QED) is 0.811. The maximum Gasteiger partial charge on any atom is 0.269 e. The van der Waals surface area contributed by atoms with Crippen LogP contribution < -0.4 is 10.6 Å². The summed E-state index contributed by atoms with van der Waals surface area (Å²) in [5.74, 6) is -0.502. The molecule has 1 saturated carbocycles. The zero-order valence-corrected chi connectivity index (χ0v) is 14.9. The molecule has 1 aliphatic rings. The third-order valence-electron chi connectivity index (χ3n) is 3.86. The van der Waals surface area contributed by atoms with E-state index in [0.717, 1.165) is 18.4 Å². The first-order valence-electron chi connectivity index (χ1n) is 8.02. The van der Waals surface area contributed by atoms with Crippen LogP contribution in [0.5, 0.6) is 0 Å². The summed E-state index contributed by atoms with van der Waals surface area (Å²) in [5.41, 5.74) is 1.55. The van der Waals surface area contributed by atoms with Gasteiger partial charge in [0.05, 0.1) is 0 Å². The van der Waals surface area contributed by atoms with E-state index in [1.807, 2.05) is 6.07 Å². The molecule has 0 spiro atoms. The van der Waals surface area contributed by atoms with Gasteiger partial charge in [0.15, 0.2) is 0 Å². The van der Waals surface area contributed by atoms with Crippen molar-refractivity contribution >= 4 is 35.0 Å². The Morgan fingerprint density at radius 1 is 1.12 bits per heavy atom. The fourth-order valence-electron chi connectivity index (χ4n) is 2.32. The molecule has 1 fully saturated rings. The van der Waals surface area contributed by atoms with E-state index in [2.05, 4.69) is 15.6 Å². The van der Waals surface area contributed by atoms with Gasteiger partial charge in [0.25, 0.3) is 11.8 Å². The predicted molar refractivity (Wildman–Crippen MR) is 97.2 cm³/mol. The van der Waals surface area contributed by atoms with E-state index in [1.54, 1.807) is 18.2 Å². The Bertz CT molecular complexity index is 807. The highest BCUT2D eigenvalue weighted by Crippen LogP contribution is 2.21. The van der Waals surface area contributed by atoms with Crippen molar-refractivity contribution in [2.75, 3.05) is 6.54 Å². The van der Waals surface area contributed by atoms with Crippen molar-refractivity contribution in [3.8, 4) is 0 Å². The van der Waals surface area contributed by atoms with Crippen LogP contribution in [-0.2, 0) is 6.42 Å². The Labute approximate surface area is 155 Å². The molecule has 0 atom stereocenters. The maximum atomic E-state index is 12.2. The summed E-state index contributed by atoms with van der Waals surface area (Å²) in [6, 6.07) is 8.63. The lowest BCUT2D eigenvalue weighted by atomic mass is 10.1. The third-order valence-corrected chi connectivity index (χ3v) is 4.45. The van der Waals surface area contributed by atoms with Crippen molar-refractivity contribution in [2.45, 2.75) is 25.3 Å². The minimum Gasteiger partial charge on any atom is -0.350 e. The van der Waals surface area contributed by atoms with E-state index in [9.17, 15) is 9.59 Å². The first kappa shape index (κ1) is 17.7. The van der Waals surface area contributed by atoms with Gasteiger partial charge in [0, 0.05) is 34.4 Å². The molecule has 1 heterocycles. The summed E-state index contributed by atoms with van der Waals surface area (Å²) in [7, 11) is 0. The van der Waals surface area contributed by atoms with E-state index < -0.39 is 0 Å². The number of hydrogen-bond donors (Lipinski definition) is 2. The number of aromatic nitrogens is 1. The van der Waals surface area contributed by atoms with Gasteiger partial charge in [0.1, 0.15) is 5.69 Å². The van der Waals surface area contributed by atoms with Gasteiger partial charge in [-0.15, -0.1) is 0 Å². The third kappa shape index (κ3) is 4.94. The monoisotopic (exact) mass is 377 g/mol. The number of rotatable bonds is 6. The Morgan fingerprint density at radius 2 is 1.92 bits per heavy atom. The molecule has 0 saturated heterocycles. The van der Waals surface area contributed by atoms with Gasteiger partial charge in [-0.2, -0.15) is 0 Å². The average molecular weight is 378 g/mol. The zero-order chi connectivity index (χ0) is 17.8. The number of amides is 2. The molecule has 0 aliphatic heterocycles. The van der Waals surface area contributed by atoms with Gasteiger partial charge in [-0.3, -0.25) is 14.6 Å². The van der Waals surface area contributed by atoms with E-state index in [4.69, 9.17) is 23.2 Å². The highest BCUT2D eigenvalue weighted by atomic mass is 35.5. The maximum absolute atomic E-state index is 12.2. The van der Waals surface area contributed by atoms with Gasteiger partial charge in [-0.25, -0.2) is 0 Å². The molecule has 2 amide bonds. The molecule has 1 aliphatic carbocycles. The number of hydrogen-bond acceptors (Lipinski definition) is 3. The number of nitrogens with one attached hydrogen (secondary N) is 2. The molecular weight excluding hydrogens is 361 g/mol. The largest absolute Gasteiger partial charge is 0.350 e. The number of carbonyl (C=O) groups excluding carboxylic acids is 2. The summed E-state index contributed by atoms with van der Waals surface area (Å²) in [6.45, 7) is 0.403. The van der Waals surface area contributed by atoms with Crippen molar-refractivity contribution in [1.82, 2.24) is 15.6 Å². The van der Waals surface area contributed by atoms with Crippen LogP contribution in [-0.4, -0.2) is 29.4 Å². The number of pyridine rings is 1. The first-order chi connectivity index (χ1) is 12.0. The lowest BCUT2D eigenvalue weighted by Gasteiger charge is -2.08. The highest BCUT2D eigenvalue weighted by molar-refractivity contribution is 6.35. The van der Waals surface area contributed by atoms with Gasteiger partial charge < -0.3 is 10.6 Å². The van der Waals surface area contributed by atoms with E-state index in [1.165, 1.54) is 12.3 Å². The van der Waals surface area contributed by atoms with Crippen LogP contribution in [0.3, 0.4) is 0 Å². The summed E-state index contributed by atoms with van der Waals surface area (Å²) in [4.78, 5) is 28.3. The smallest absolute Gasteiger partial charge is 0.269 e. The first-order valence-corrected chi connectivity index (χ1v) is 8.77. The lowest BCUT2D eigenvalue weighted by Crippen LogP contribution is -2.28. The fraction of sp³-hybridized carbons (Fsp3) is 0.278. The molecule has 1 aromatic heterocycles. The van der Waals surface area contributed by atoms with E-state index in [0.29, 0.717) is 28.6 Å². The molecule has 2 N–H and O–H groups in total. The van der Waals surface area contributed by atoms with Gasteiger partial charge in [-0.05, 0) is 49.1 Å². The Kier molecular flexibility index (Phi) is 5.56. The average Bonchev–Trinajstić information content (AvgIpc) is 3.41. The van der Waals surface area contributed by atoms with E-state index >= 15 is 0 Å². The van der Waals surface area contributed by atoms with Crippen LogP contribution in [0.2, 0.25) is 10.0 Å². The second kappa shape index (κ2) is 7.85. The SMILES string of the molecule is O=C(NC1CC1)c1ccnc(C(=O)NCCc2ccc(Cl)cc2Cl)c1. The van der Waals surface area contributed by atoms with Crippen LogP contribution >= 0.6 is 23.2 Å². The van der Waals surface area contributed by atoms with Crippen molar-refractivity contribution in [2.24, 2.45) is 0 Å². The minimum absolute atomic E-state index is 0.174. The second-order valence-corrected chi connectivity index (χ2v) is 6.76. The van der Waals surface area contributed by atoms with Crippen molar-refractivity contribution in [1.29, 1.82) is 0 Å². The summed E-state index contributed by atoms with van der Waals surface area (Å²) in [5, 5.41) is 6.81. The predicted octanol–water partition coefficient (Wildman–Crippen LogP) is 3.25. The second-order valence-electron chi connectivity index (χ2n) is 5.92. The molecule has 0 bridgehead atoms. The van der Waals surface area contributed by atoms with Crippen molar-refractivity contribution in [3.63, 3.8) is 0 Å². The molecule has 3 rings (SSSR count). The topological polar surface area (TPSA) is 71.1 Å². The normalized spacial score (nSPS) is 13.4. The number of benzene rings is 1. The van der Waals surface area contributed by atoms with Crippen molar-refractivity contribution in [3.05, 3.63) is 63.4 Å². The summed E-state index contributed by atoms with van der Waals surface area (Å²) >= 11 is 12.0. The number of carbonyl (C=O) groups is 2. The highest BCUT2D eigenvalue weighted by Gasteiger charge is 2.24. The van der Waals surface area contributed by atoms with Crippen LogP contribution in [0.15, 0.2) is 36.5 Å². The molecule has 7 heteroatoms. The molecule has 5 nitrogen and oxygen atoms in total. The standard InChI is InChI=1S/C18H17Cl2N3O2/c19-13-2-1-11(15(20)10-13)5-8-22-18(25)16-9-12(6-7-21-16)17(24)23-14-3-4-14/h1-2,6-7,9-10,14H,3-5,8H2,(H,22,25)(H,23,24). The molecule has 1 aromatic carbocycles. The Balaban J connectivity index is 1.56. The molecule has 2 aromatic rings. The van der Waals surface area contributed by atoms with Gasteiger partial charge in [-0.1, -0.05) is 29.3 Å². The van der Waals surface area contributed by atoms with Gasteiger partial charge in [0.2, 0.25) is 0 Å². The minimum atomic E-state index is -0.328. The van der Waals surface area contributed by atoms with Crippen LogP contribution in [0.1, 0.15) is 39.3 Å². The Hall–Kier alpha value is -2.11.